The molecule has 0 saturated carbocycles. The molecule has 0 atom stereocenters. The number of hydrogen-bond donors (Lipinski definition) is 2. The van der Waals surface area contributed by atoms with Gasteiger partial charge in [0.05, 0.1) is 23.9 Å². The highest BCUT2D eigenvalue weighted by atomic mass is 19.4. The number of hydrogen-bond acceptors (Lipinski definition) is 5. The van der Waals surface area contributed by atoms with Crippen molar-refractivity contribution in [3.8, 4) is 22.3 Å². The Morgan fingerprint density at radius 3 is 2.30 bits per heavy atom. The number of nitrogens with zero attached hydrogens (tertiary/aromatic N) is 1. The summed E-state index contributed by atoms with van der Waals surface area (Å²) in [6.07, 6.45) is -4.47. The van der Waals surface area contributed by atoms with Gasteiger partial charge >= 0.3 is 12.1 Å². The first-order chi connectivity index (χ1) is 15.8. The zero-order valence-corrected chi connectivity index (χ0v) is 18.1. The number of piperazine rings is 1. The number of halogens is 3. The van der Waals surface area contributed by atoms with Gasteiger partial charge in [0.1, 0.15) is 0 Å². The molecule has 1 saturated heterocycles. The van der Waals surface area contributed by atoms with Crippen molar-refractivity contribution in [1.82, 2.24) is 5.32 Å². The summed E-state index contributed by atoms with van der Waals surface area (Å²) in [5, 5.41) is 3.31. The minimum Gasteiger partial charge on any atom is -0.465 e. The number of rotatable bonds is 4. The second-order valence-electron chi connectivity index (χ2n) is 7.84. The van der Waals surface area contributed by atoms with Crippen LogP contribution >= 0.6 is 0 Å². The van der Waals surface area contributed by atoms with Gasteiger partial charge in [-0.3, -0.25) is 0 Å². The second-order valence-corrected chi connectivity index (χ2v) is 7.84. The van der Waals surface area contributed by atoms with Crippen LogP contribution in [0, 0.1) is 0 Å². The third kappa shape index (κ3) is 4.80. The lowest BCUT2D eigenvalue weighted by Gasteiger charge is -2.29. The molecule has 0 amide bonds. The number of carbonyl (C=O) groups excluding carboxylic acids is 1. The summed E-state index contributed by atoms with van der Waals surface area (Å²) in [6.45, 7) is 3.63. The van der Waals surface area contributed by atoms with E-state index in [4.69, 9.17) is 10.5 Å². The number of nitrogens with one attached hydrogen (secondary N) is 1. The Morgan fingerprint density at radius 1 is 0.970 bits per heavy atom. The van der Waals surface area contributed by atoms with Crippen LogP contribution in [0.15, 0.2) is 60.7 Å². The van der Waals surface area contributed by atoms with Crippen LogP contribution in [-0.2, 0) is 10.9 Å². The van der Waals surface area contributed by atoms with Crippen molar-refractivity contribution in [2.75, 3.05) is 43.9 Å². The Labute approximate surface area is 190 Å². The predicted molar refractivity (Wildman–Crippen MR) is 123 cm³/mol. The van der Waals surface area contributed by atoms with Crippen LogP contribution in [0.5, 0.6) is 0 Å². The average Bonchev–Trinajstić information content (AvgIpc) is 2.84. The average molecular weight is 455 g/mol. The number of anilines is 2. The highest BCUT2D eigenvalue weighted by molar-refractivity contribution is 6.01. The normalized spacial score (nSPS) is 14.2. The Balaban J connectivity index is 1.79. The van der Waals surface area contributed by atoms with E-state index in [0.717, 1.165) is 49.6 Å². The molecular weight excluding hydrogens is 431 g/mol. The maximum Gasteiger partial charge on any atom is 0.416 e. The van der Waals surface area contributed by atoms with Crippen LogP contribution in [0.1, 0.15) is 15.9 Å². The van der Waals surface area contributed by atoms with E-state index in [-0.39, 0.29) is 11.3 Å². The molecule has 3 N–H and O–H groups in total. The molecular formula is C25H24F3N3O2. The molecule has 0 radical (unpaired) electrons. The molecule has 1 heterocycles. The minimum absolute atomic E-state index is 0.105. The number of methoxy groups -OCH3 is 1. The van der Waals surface area contributed by atoms with Crippen molar-refractivity contribution in [3.05, 3.63) is 71.8 Å². The number of alkyl halides is 3. The Bertz CT molecular complexity index is 1150. The summed E-state index contributed by atoms with van der Waals surface area (Å²) in [5.41, 5.74) is 9.02. The number of carbonyl (C=O) groups is 1. The first-order valence-corrected chi connectivity index (χ1v) is 10.5. The van der Waals surface area contributed by atoms with Crippen molar-refractivity contribution < 1.29 is 22.7 Å². The van der Waals surface area contributed by atoms with E-state index in [1.807, 2.05) is 24.3 Å². The number of ether oxygens (including phenoxy) is 1. The van der Waals surface area contributed by atoms with E-state index < -0.39 is 17.7 Å². The Kier molecular flexibility index (Phi) is 6.29. The van der Waals surface area contributed by atoms with E-state index in [0.29, 0.717) is 16.7 Å². The fourth-order valence-corrected chi connectivity index (χ4v) is 3.99. The zero-order chi connectivity index (χ0) is 23.6. The fraction of sp³-hybridized carbons (Fsp3) is 0.240. The summed E-state index contributed by atoms with van der Waals surface area (Å²) < 4.78 is 44.6. The topological polar surface area (TPSA) is 67.6 Å². The van der Waals surface area contributed by atoms with Gasteiger partial charge in [-0.05, 0) is 53.1 Å². The highest BCUT2D eigenvalue weighted by Crippen LogP contribution is 2.37. The third-order valence-electron chi connectivity index (χ3n) is 5.77. The molecule has 172 valence electrons. The third-order valence-corrected chi connectivity index (χ3v) is 5.77. The second kappa shape index (κ2) is 9.15. The SMILES string of the molecule is COC(=O)c1cc(-c2cccc(C(F)(F)F)c2)cc(-c2ccc(N3CCNCC3)cc2)c1N. The first-order valence-electron chi connectivity index (χ1n) is 10.5. The molecule has 33 heavy (non-hydrogen) atoms. The number of nitrogens with two attached hydrogens (primary N) is 1. The van der Waals surface area contributed by atoms with Crippen LogP contribution in [0.4, 0.5) is 24.5 Å². The van der Waals surface area contributed by atoms with Crippen molar-refractivity contribution >= 4 is 17.3 Å². The number of esters is 1. The Morgan fingerprint density at radius 2 is 1.67 bits per heavy atom. The summed E-state index contributed by atoms with van der Waals surface area (Å²) >= 11 is 0. The van der Waals surface area contributed by atoms with Crippen LogP contribution in [0.3, 0.4) is 0 Å². The molecule has 4 rings (SSSR count). The van der Waals surface area contributed by atoms with Crippen molar-refractivity contribution in [1.29, 1.82) is 0 Å². The number of benzene rings is 3. The standard InChI is InChI=1S/C25H24F3N3O2/c1-33-24(32)22-15-18(17-3-2-4-19(13-17)25(26,27)28)14-21(23(22)29)16-5-7-20(8-6-16)31-11-9-30-10-12-31/h2-8,13-15,30H,9-12,29H2,1H3. The summed E-state index contributed by atoms with van der Waals surface area (Å²) in [4.78, 5) is 14.7. The van der Waals surface area contributed by atoms with E-state index in [1.165, 1.54) is 19.2 Å². The van der Waals surface area contributed by atoms with Gasteiger partial charge in [-0.25, -0.2) is 4.79 Å². The molecule has 0 unspecified atom stereocenters. The lowest BCUT2D eigenvalue weighted by atomic mass is 9.93. The van der Waals surface area contributed by atoms with Gasteiger partial charge in [0, 0.05) is 37.4 Å². The predicted octanol–water partition coefficient (Wildman–Crippen LogP) is 4.82. The maximum atomic E-state index is 13.2. The van der Waals surface area contributed by atoms with E-state index in [9.17, 15) is 18.0 Å². The summed E-state index contributed by atoms with van der Waals surface area (Å²) in [5.74, 6) is -0.653. The van der Waals surface area contributed by atoms with Gasteiger partial charge in [-0.2, -0.15) is 13.2 Å². The number of nitrogen functional groups attached to an aromatic ring is 1. The molecule has 8 heteroatoms. The summed E-state index contributed by atoms with van der Waals surface area (Å²) in [7, 11) is 1.24. The van der Waals surface area contributed by atoms with Crippen LogP contribution in [-0.4, -0.2) is 39.3 Å². The van der Waals surface area contributed by atoms with Crippen molar-refractivity contribution in [3.63, 3.8) is 0 Å². The van der Waals surface area contributed by atoms with Gasteiger partial charge in [0.25, 0.3) is 0 Å². The molecule has 0 spiro atoms. The lowest BCUT2D eigenvalue weighted by Crippen LogP contribution is -2.43. The maximum absolute atomic E-state index is 13.2. The minimum atomic E-state index is -4.47. The van der Waals surface area contributed by atoms with Gasteiger partial charge in [-0.1, -0.05) is 24.3 Å². The van der Waals surface area contributed by atoms with Gasteiger partial charge in [0.15, 0.2) is 0 Å². The van der Waals surface area contributed by atoms with Crippen molar-refractivity contribution in [2.24, 2.45) is 0 Å². The molecule has 0 aliphatic carbocycles. The van der Waals surface area contributed by atoms with Crippen LogP contribution in [0.25, 0.3) is 22.3 Å². The fourth-order valence-electron chi connectivity index (χ4n) is 3.99. The van der Waals surface area contributed by atoms with Crippen LogP contribution < -0.4 is 16.0 Å². The van der Waals surface area contributed by atoms with Gasteiger partial charge in [-0.15, -0.1) is 0 Å². The molecule has 1 fully saturated rings. The lowest BCUT2D eigenvalue weighted by molar-refractivity contribution is -0.137. The quantitative estimate of drug-likeness (QED) is 0.436. The molecule has 0 bridgehead atoms. The smallest absolute Gasteiger partial charge is 0.416 e. The molecule has 3 aromatic rings. The Hall–Kier alpha value is -3.52. The largest absolute Gasteiger partial charge is 0.465 e. The molecule has 5 nitrogen and oxygen atoms in total. The van der Waals surface area contributed by atoms with E-state index in [1.54, 1.807) is 12.1 Å². The van der Waals surface area contributed by atoms with E-state index in [2.05, 4.69) is 10.2 Å². The van der Waals surface area contributed by atoms with Crippen molar-refractivity contribution in [2.45, 2.75) is 6.18 Å². The zero-order valence-electron chi connectivity index (χ0n) is 18.1. The molecule has 0 aromatic heterocycles. The van der Waals surface area contributed by atoms with Crippen LogP contribution in [0.2, 0.25) is 0 Å². The molecule has 3 aromatic carbocycles. The molecule has 1 aliphatic heterocycles. The summed E-state index contributed by atoms with van der Waals surface area (Å²) in [6, 6.07) is 15.9. The molecule has 1 aliphatic rings. The van der Waals surface area contributed by atoms with Gasteiger partial charge < -0.3 is 20.7 Å². The highest BCUT2D eigenvalue weighted by Gasteiger charge is 2.30. The monoisotopic (exact) mass is 455 g/mol. The first kappa shape index (κ1) is 22.7. The van der Waals surface area contributed by atoms with Gasteiger partial charge in [0.2, 0.25) is 0 Å². The van der Waals surface area contributed by atoms with E-state index >= 15 is 0 Å².